The minimum Gasteiger partial charge on any atom is -0.391 e. The minimum atomic E-state index is -0.242. The Bertz CT molecular complexity index is 621. The maximum Gasteiger partial charge on any atom is 0.233 e. The standard InChI is InChI=1S/C16H25N5O2S2/c17-15-18-19-16(25-15)24-9-14(23)21-7-10-5-12(20-3-1-2-4-20)13(22)6-11(10)8-21/h10-13,22H,1-9H2,(H2,17,18)/t10-,11+,12-,13-/m1/s1. The molecule has 0 unspecified atom stereocenters. The molecule has 4 rings (SSSR count). The third kappa shape index (κ3) is 3.79. The van der Waals surface area contributed by atoms with Gasteiger partial charge in [0.15, 0.2) is 4.34 Å². The van der Waals surface area contributed by atoms with Crippen molar-refractivity contribution >= 4 is 34.1 Å². The summed E-state index contributed by atoms with van der Waals surface area (Å²) >= 11 is 2.72. The van der Waals surface area contributed by atoms with Crippen molar-refractivity contribution in [2.75, 3.05) is 37.7 Å². The summed E-state index contributed by atoms with van der Waals surface area (Å²) in [7, 11) is 0. The van der Waals surface area contributed by atoms with Crippen molar-refractivity contribution in [3.8, 4) is 0 Å². The second-order valence-electron chi connectivity index (χ2n) is 7.36. The predicted octanol–water partition coefficient (Wildman–Crippen LogP) is 0.906. The zero-order valence-corrected chi connectivity index (χ0v) is 15.8. The molecule has 2 saturated heterocycles. The Hall–Kier alpha value is -0.900. The number of rotatable bonds is 4. The molecule has 138 valence electrons. The van der Waals surface area contributed by atoms with Crippen LogP contribution in [0.25, 0.3) is 0 Å². The highest BCUT2D eigenvalue weighted by molar-refractivity contribution is 8.01. The number of nitrogen functional groups attached to an aromatic ring is 1. The van der Waals surface area contributed by atoms with E-state index in [0.29, 0.717) is 22.7 Å². The second kappa shape index (κ2) is 7.38. The predicted molar refractivity (Wildman–Crippen MR) is 98.4 cm³/mol. The number of aromatic nitrogens is 2. The van der Waals surface area contributed by atoms with E-state index in [4.69, 9.17) is 5.73 Å². The Kier molecular flexibility index (Phi) is 5.17. The molecule has 0 aromatic carbocycles. The van der Waals surface area contributed by atoms with Crippen LogP contribution in [0.1, 0.15) is 25.7 Å². The van der Waals surface area contributed by atoms with E-state index < -0.39 is 0 Å². The summed E-state index contributed by atoms with van der Waals surface area (Å²) in [4.78, 5) is 17.0. The van der Waals surface area contributed by atoms with Gasteiger partial charge in [-0.25, -0.2) is 0 Å². The molecule has 0 radical (unpaired) electrons. The quantitative estimate of drug-likeness (QED) is 0.746. The van der Waals surface area contributed by atoms with Gasteiger partial charge in [0.1, 0.15) is 0 Å². The molecule has 3 heterocycles. The Labute approximate surface area is 156 Å². The van der Waals surface area contributed by atoms with Crippen LogP contribution in [-0.4, -0.2) is 75.1 Å². The van der Waals surface area contributed by atoms with Crippen LogP contribution in [0.5, 0.6) is 0 Å². The smallest absolute Gasteiger partial charge is 0.233 e. The fourth-order valence-electron chi connectivity index (χ4n) is 4.57. The van der Waals surface area contributed by atoms with Gasteiger partial charge in [-0.2, -0.15) is 0 Å². The lowest BCUT2D eigenvalue weighted by Gasteiger charge is -2.40. The van der Waals surface area contributed by atoms with Crippen molar-refractivity contribution in [1.82, 2.24) is 20.0 Å². The second-order valence-corrected chi connectivity index (χ2v) is 9.59. The van der Waals surface area contributed by atoms with E-state index in [1.54, 1.807) is 0 Å². The average molecular weight is 384 g/mol. The number of amides is 1. The lowest BCUT2D eigenvalue weighted by Crippen LogP contribution is -2.48. The number of nitrogens with zero attached hydrogens (tertiary/aromatic N) is 4. The van der Waals surface area contributed by atoms with Crippen LogP contribution in [-0.2, 0) is 4.79 Å². The zero-order valence-electron chi connectivity index (χ0n) is 14.2. The van der Waals surface area contributed by atoms with E-state index >= 15 is 0 Å². The van der Waals surface area contributed by atoms with Gasteiger partial charge in [-0.1, -0.05) is 23.1 Å². The molecule has 1 amide bonds. The molecule has 0 bridgehead atoms. The molecule has 2 aliphatic heterocycles. The van der Waals surface area contributed by atoms with E-state index in [1.165, 1.54) is 35.9 Å². The normalized spacial score (nSPS) is 32.9. The number of likely N-dealkylation sites (tertiary alicyclic amines) is 2. The largest absolute Gasteiger partial charge is 0.391 e. The minimum absolute atomic E-state index is 0.153. The Morgan fingerprint density at radius 3 is 2.64 bits per heavy atom. The SMILES string of the molecule is Nc1nnc(SCC(=O)N2C[C@H]3C[C@@H](N4CCCC4)[C@H](O)C[C@H]3C2)s1. The first-order valence-electron chi connectivity index (χ1n) is 9.02. The van der Waals surface area contributed by atoms with Gasteiger partial charge in [0.05, 0.1) is 11.9 Å². The summed E-state index contributed by atoms with van der Waals surface area (Å²) in [6.07, 6.45) is 4.10. The highest BCUT2D eigenvalue weighted by atomic mass is 32.2. The van der Waals surface area contributed by atoms with Gasteiger partial charge >= 0.3 is 0 Å². The van der Waals surface area contributed by atoms with Gasteiger partial charge in [-0.3, -0.25) is 9.69 Å². The molecule has 1 aliphatic carbocycles. The molecule has 1 saturated carbocycles. The molecule has 3 aliphatic rings. The van der Waals surface area contributed by atoms with Crippen molar-refractivity contribution in [3.63, 3.8) is 0 Å². The van der Waals surface area contributed by atoms with Crippen molar-refractivity contribution < 1.29 is 9.90 Å². The molecule has 3 N–H and O–H groups in total. The molecule has 9 heteroatoms. The summed E-state index contributed by atoms with van der Waals surface area (Å²) in [5, 5.41) is 18.7. The Morgan fingerprint density at radius 2 is 1.96 bits per heavy atom. The molecular formula is C16H25N5O2S2. The number of fused-ring (bicyclic) bond motifs is 1. The molecular weight excluding hydrogens is 358 g/mol. The van der Waals surface area contributed by atoms with Crippen LogP contribution in [0.3, 0.4) is 0 Å². The van der Waals surface area contributed by atoms with Crippen molar-refractivity contribution in [2.45, 2.75) is 42.2 Å². The van der Waals surface area contributed by atoms with Crippen LogP contribution >= 0.6 is 23.1 Å². The highest BCUT2D eigenvalue weighted by Crippen LogP contribution is 2.39. The monoisotopic (exact) mass is 383 g/mol. The van der Waals surface area contributed by atoms with Crippen LogP contribution in [0.2, 0.25) is 0 Å². The van der Waals surface area contributed by atoms with Gasteiger partial charge in [0.2, 0.25) is 11.0 Å². The van der Waals surface area contributed by atoms with E-state index in [9.17, 15) is 9.90 Å². The first-order valence-corrected chi connectivity index (χ1v) is 10.8. The fraction of sp³-hybridized carbons (Fsp3) is 0.812. The highest BCUT2D eigenvalue weighted by Gasteiger charge is 2.44. The lowest BCUT2D eigenvalue weighted by molar-refractivity contribution is -0.127. The van der Waals surface area contributed by atoms with Crippen molar-refractivity contribution in [1.29, 1.82) is 0 Å². The topological polar surface area (TPSA) is 95.6 Å². The van der Waals surface area contributed by atoms with Crippen LogP contribution < -0.4 is 5.73 Å². The zero-order chi connectivity index (χ0) is 17.4. The number of thioether (sulfide) groups is 1. The van der Waals surface area contributed by atoms with Gasteiger partial charge in [0.25, 0.3) is 0 Å². The van der Waals surface area contributed by atoms with E-state index in [1.807, 2.05) is 4.90 Å². The molecule has 0 spiro atoms. The summed E-state index contributed by atoms with van der Waals surface area (Å²) in [6.45, 7) is 3.85. The number of aliphatic hydroxyl groups excluding tert-OH is 1. The van der Waals surface area contributed by atoms with Crippen molar-refractivity contribution in [2.24, 2.45) is 11.8 Å². The van der Waals surface area contributed by atoms with E-state index in [0.717, 1.165) is 43.4 Å². The Balaban J connectivity index is 1.31. The molecule has 1 aromatic rings. The third-order valence-electron chi connectivity index (χ3n) is 5.81. The summed E-state index contributed by atoms with van der Waals surface area (Å²) < 4.78 is 0.743. The molecule has 4 atom stereocenters. The average Bonchev–Trinajstić information content (AvgIpc) is 3.32. The van der Waals surface area contributed by atoms with Crippen LogP contribution in [0.15, 0.2) is 4.34 Å². The van der Waals surface area contributed by atoms with Crippen LogP contribution in [0, 0.1) is 11.8 Å². The number of anilines is 1. The number of hydrogen-bond acceptors (Lipinski definition) is 8. The molecule has 25 heavy (non-hydrogen) atoms. The van der Waals surface area contributed by atoms with E-state index in [2.05, 4.69) is 15.1 Å². The number of nitrogens with two attached hydrogens (primary N) is 1. The lowest BCUT2D eigenvalue weighted by atomic mass is 9.77. The first kappa shape index (κ1) is 17.5. The summed E-state index contributed by atoms with van der Waals surface area (Å²) in [6, 6.07) is 0.289. The molecule has 1 aromatic heterocycles. The number of carbonyl (C=O) groups excluding carboxylic acids is 1. The number of carbonyl (C=O) groups is 1. The molecule has 7 nitrogen and oxygen atoms in total. The van der Waals surface area contributed by atoms with Gasteiger partial charge in [-0.15, -0.1) is 10.2 Å². The third-order valence-corrected chi connectivity index (χ3v) is 7.68. The fourth-order valence-corrected chi connectivity index (χ4v) is 6.11. The van der Waals surface area contributed by atoms with Gasteiger partial charge in [0, 0.05) is 19.1 Å². The summed E-state index contributed by atoms with van der Waals surface area (Å²) in [5.41, 5.74) is 5.57. The van der Waals surface area contributed by atoms with Gasteiger partial charge < -0.3 is 15.7 Å². The first-order chi connectivity index (χ1) is 12.1. The summed E-state index contributed by atoms with van der Waals surface area (Å²) in [5.74, 6) is 1.51. The van der Waals surface area contributed by atoms with Crippen molar-refractivity contribution in [3.05, 3.63) is 0 Å². The number of aliphatic hydroxyl groups is 1. The number of hydrogen-bond donors (Lipinski definition) is 2. The maximum absolute atomic E-state index is 12.5. The maximum atomic E-state index is 12.5. The van der Waals surface area contributed by atoms with Gasteiger partial charge in [-0.05, 0) is 50.6 Å². The van der Waals surface area contributed by atoms with E-state index in [-0.39, 0.29) is 18.1 Å². The van der Waals surface area contributed by atoms with Crippen LogP contribution in [0.4, 0.5) is 5.13 Å². The molecule has 3 fully saturated rings. The Morgan fingerprint density at radius 1 is 1.24 bits per heavy atom.